The lowest BCUT2D eigenvalue weighted by Crippen LogP contribution is -2.47. The Hall–Kier alpha value is -1.34. The number of carboxylic acid groups (broad SMARTS) is 1. The summed E-state index contributed by atoms with van der Waals surface area (Å²) in [6, 6.07) is -0.345. The van der Waals surface area contributed by atoms with Gasteiger partial charge in [-0.05, 0) is 25.2 Å². The van der Waals surface area contributed by atoms with E-state index in [9.17, 15) is 14.7 Å². The number of amides is 2. The molecule has 4 unspecified atom stereocenters. The summed E-state index contributed by atoms with van der Waals surface area (Å²) in [5.74, 6) is -0.655. The minimum absolute atomic E-state index is 0.0321. The van der Waals surface area contributed by atoms with Gasteiger partial charge in [0, 0.05) is 13.1 Å². The first-order valence-electron chi connectivity index (χ1n) is 7.06. The van der Waals surface area contributed by atoms with Crippen LogP contribution in [-0.2, 0) is 9.53 Å². The molecule has 2 aliphatic rings. The number of likely N-dealkylation sites (tertiary alicyclic amines) is 1. The molecule has 2 heterocycles. The van der Waals surface area contributed by atoms with Crippen molar-refractivity contribution in [1.82, 2.24) is 10.2 Å². The van der Waals surface area contributed by atoms with E-state index in [0.717, 1.165) is 6.42 Å². The quantitative estimate of drug-likeness (QED) is 0.677. The molecule has 0 aromatic carbocycles. The van der Waals surface area contributed by atoms with Gasteiger partial charge in [0.25, 0.3) is 0 Å². The molecule has 2 amide bonds. The molecule has 0 aliphatic carbocycles. The first kappa shape index (κ1) is 15.1. The molecule has 2 saturated heterocycles. The monoisotopic (exact) mass is 286 g/mol. The van der Waals surface area contributed by atoms with Crippen LogP contribution in [0.5, 0.6) is 0 Å². The predicted octanol–water partition coefficient (Wildman–Crippen LogP) is 0.0309. The van der Waals surface area contributed by atoms with E-state index < -0.39 is 12.1 Å². The van der Waals surface area contributed by atoms with Crippen molar-refractivity contribution in [3.63, 3.8) is 0 Å². The average molecular weight is 286 g/mol. The highest BCUT2D eigenvalue weighted by Gasteiger charge is 2.35. The van der Waals surface area contributed by atoms with E-state index in [1.54, 1.807) is 4.90 Å². The minimum atomic E-state index is -0.951. The van der Waals surface area contributed by atoms with Crippen molar-refractivity contribution < 1.29 is 24.5 Å². The fourth-order valence-electron chi connectivity index (χ4n) is 2.88. The van der Waals surface area contributed by atoms with Gasteiger partial charge in [0.1, 0.15) is 0 Å². The number of aliphatic hydroxyl groups excluding tert-OH is 1. The maximum Gasteiger partial charge on any atom is 0.332 e. The lowest BCUT2D eigenvalue weighted by atomic mass is 10.0. The molecule has 2 aliphatic heterocycles. The SMILES string of the molecule is CC1CCN(C(=O)NCC2CCC(C(=O)O)O2)C1CO. The Kier molecular flexibility index (Phi) is 4.82. The molecule has 20 heavy (non-hydrogen) atoms. The molecule has 4 atom stereocenters. The zero-order chi connectivity index (χ0) is 14.7. The molecule has 0 saturated carbocycles. The molecular weight excluding hydrogens is 264 g/mol. The van der Waals surface area contributed by atoms with Crippen molar-refractivity contribution in [3.05, 3.63) is 0 Å². The maximum atomic E-state index is 12.1. The van der Waals surface area contributed by atoms with Crippen LogP contribution in [0.2, 0.25) is 0 Å². The van der Waals surface area contributed by atoms with Gasteiger partial charge in [0.15, 0.2) is 6.10 Å². The highest BCUT2D eigenvalue weighted by Crippen LogP contribution is 2.24. The van der Waals surface area contributed by atoms with Crippen LogP contribution in [0.3, 0.4) is 0 Å². The summed E-state index contributed by atoms with van der Waals surface area (Å²) in [6.45, 7) is 2.94. The normalized spacial score (nSPS) is 33.4. The molecule has 2 rings (SSSR count). The summed E-state index contributed by atoms with van der Waals surface area (Å²) in [6.07, 6.45) is 1.01. The second-order valence-corrected chi connectivity index (χ2v) is 5.56. The molecule has 7 nitrogen and oxygen atoms in total. The number of carboxylic acids is 1. The number of hydrogen-bond donors (Lipinski definition) is 3. The molecule has 2 fully saturated rings. The Balaban J connectivity index is 1.77. The largest absolute Gasteiger partial charge is 0.479 e. The van der Waals surface area contributed by atoms with Crippen LogP contribution in [0.15, 0.2) is 0 Å². The first-order chi connectivity index (χ1) is 9.52. The Morgan fingerprint density at radius 1 is 1.35 bits per heavy atom. The molecule has 7 heteroatoms. The van der Waals surface area contributed by atoms with E-state index in [2.05, 4.69) is 5.32 Å². The van der Waals surface area contributed by atoms with E-state index in [1.807, 2.05) is 6.92 Å². The third kappa shape index (κ3) is 3.21. The van der Waals surface area contributed by atoms with Crippen LogP contribution in [-0.4, -0.2) is 65.1 Å². The standard InChI is InChI=1S/C13H22N2O5/c1-8-4-5-15(10(8)7-16)13(19)14-6-9-2-3-11(20-9)12(17)18/h8-11,16H,2-7H2,1H3,(H,14,19)(H,17,18). The van der Waals surface area contributed by atoms with Crippen LogP contribution in [0.4, 0.5) is 4.79 Å². The number of ether oxygens (including phenoxy) is 1. The summed E-state index contributed by atoms with van der Waals surface area (Å²) in [4.78, 5) is 24.5. The number of hydrogen-bond acceptors (Lipinski definition) is 4. The molecule has 0 radical (unpaired) electrons. The molecule has 0 bridgehead atoms. The Morgan fingerprint density at radius 3 is 2.70 bits per heavy atom. The fourth-order valence-corrected chi connectivity index (χ4v) is 2.88. The van der Waals surface area contributed by atoms with E-state index >= 15 is 0 Å². The first-order valence-corrected chi connectivity index (χ1v) is 7.06. The number of aliphatic hydroxyl groups is 1. The predicted molar refractivity (Wildman–Crippen MR) is 70.3 cm³/mol. The third-order valence-electron chi connectivity index (χ3n) is 4.19. The Bertz CT molecular complexity index is 376. The zero-order valence-electron chi connectivity index (χ0n) is 11.6. The third-order valence-corrected chi connectivity index (χ3v) is 4.19. The molecule has 3 N–H and O–H groups in total. The van der Waals surface area contributed by atoms with Crippen LogP contribution in [0.25, 0.3) is 0 Å². The van der Waals surface area contributed by atoms with E-state index in [4.69, 9.17) is 9.84 Å². The summed E-state index contributed by atoms with van der Waals surface area (Å²) < 4.78 is 5.33. The Morgan fingerprint density at radius 2 is 2.10 bits per heavy atom. The highest BCUT2D eigenvalue weighted by atomic mass is 16.5. The number of carbonyl (C=O) groups is 2. The van der Waals surface area contributed by atoms with E-state index in [1.165, 1.54) is 0 Å². The van der Waals surface area contributed by atoms with Crippen LogP contribution in [0.1, 0.15) is 26.2 Å². The number of nitrogens with zero attached hydrogens (tertiary/aromatic N) is 1. The van der Waals surface area contributed by atoms with Gasteiger partial charge in [-0.2, -0.15) is 0 Å². The van der Waals surface area contributed by atoms with Gasteiger partial charge in [-0.3, -0.25) is 0 Å². The van der Waals surface area contributed by atoms with Crippen molar-refractivity contribution in [2.75, 3.05) is 19.7 Å². The number of urea groups is 1. The summed E-state index contributed by atoms with van der Waals surface area (Å²) in [5.41, 5.74) is 0. The topological polar surface area (TPSA) is 99.1 Å². The fraction of sp³-hybridized carbons (Fsp3) is 0.846. The van der Waals surface area contributed by atoms with Gasteiger partial charge in [-0.15, -0.1) is 0 Å². The van der Waals surface area contributed by atoms with E-state index in [-0.39, 0.29) is 24.8 Å². The maximum absolute atomic E-state index is 12.1. The number of carbonyl (C=O) groups excluding carboxylic acids is 1. The van der Waals surface area contributed by atoms with Gasteiger partial charge in [-0.25, -0.2) is 9.59 Å². The molecule has 0 aromatic heterocycles. The lowest BCUT2D eigenvalue weighted by Gasteiger charge is -2.26. The van der Waals surface area contributed by atoms with Crippen LogP contribution in [0, 0.1) is 5.92 Å². The van der Waals surface area contributed by atoms with Crippen LogP contribution < -0.4 is 5.32 Å². The zero-order valence-corrected chi connectivity index (χ0v) is 11.6. The second-order valence-electron chi connectivity index (χ2n) is 5.56. The van der Waals surface area contributed by atoms with Crippen molar-refractivity contribution in [3.8, 4) is 0 Å². The molecule has 0 spiro atoms. The van der Waals surface area contributed by atoms with Gasteiger partial charge in [-0.1, -0.05) is 6.92 Å². The highest BCUT2D eigenvalue weighted by molar-refractivity contribution is 5.75. The molecule has 114 valence electrons. The number of aliphatic carboxylic acids is 1. The van der Waals surface area contributed by atoms with E-state index in [0.29, 0.717) is 31.8 Å². The second kappa shape index (κ2) is 6.41. The summed E-state index contributed by atoms with van der Waals surface area (Å²) in [7, 11) is 0. The van der Waals surface area contributed by atoms with Gasteiger partial charge < -0.3 is 25.2 Å². The number of nitrogens with one attached hydrogen (secondary N) is 1. The average Bonchev–Trinajstić information content (AvgIpc) is 3.02. The van der Waals surface area contributed by atoms with Crippen molar-refractivity contribution in [2.45, 2.75) is 44.4 Å². The molecular formula is C13H22N2O5. The number of rotatable bonds is 4. The van der Waals surface area contributed by atoms with Crippen LogP contribution >= 0.6 is 0 Å². The smallest absolute Gasteiger partial charge is 0.332 e. The van der Waals surface area contributed by atoms with Crippen molar-refractivity contribution in [2.24, 2.45) is 5.92 Å². The van der Waals surface area contributed by atoms with Gasteiger partial charge in [0.2, 0.25) is 0 Å². The van der Waals surface area contributed by atoms with Crippen molar-refractivity contribution >= 4 is 12.0 Å². The minimum Gasteiger partial charge on any atom is -0.479 e. The summed E-state index contributed by atoms with van der Waals surface area (Å²) >= 11 is 0. The molecule has 0 aromatic rings. The van der Waals surface area contributed by atoms with Gasteiger partial charge >= 0.3 is 12.0 Å². The Labute approximate surface area is 117 Å². The van der Waals surface area contributed by atoms with Gasteiger partial charge in [0.05, 0.1) is 18.8 Å². The van der Waals surface area contributed by atoms with Crippen molar-refractivity contribution in [1.29, 1.82) is 0 Å². The summed E-state index contributed by atoms with van der Waals surface area (Å²) in [5, 5.41) is 20.9. The lowest BCUT2D eigenvalue weighted by molar-refractivity contribution is -0.149.